The minimum absolute atomic E-state index is 0.862. The van der Waals surface area contributed by atoms with Crippen LogP contribution < -0.4 is 4.90 Å². The fraction of sp³-hybridized carbons (Fsp3) is 0. The van der Waals surface area contributed by atoms with Crippen LogP contribution in [0.5, 0.6) is 0 Å². The van der Waals surface area contributed by atoms with Crippen molar-refractivity contribution >= 4 is 81.3 Å². The molecule has 0 atom stereocenters. The zero-order valence-electron chi connectivity index (χ0n) is 29.8. The summed E-state index contributed by atoms with van der Waals surface area (Å²) < 4.78 is 9.36. The molecular weight excluding hydrogens is 687 g/mol. The van der Waals surface area contributed by atoms with E-state index in [0.29, 0.717) is 0 Å². The van der Waals surface area contributed by atoms with E-state index >= 15 is 0 Å². The van der Waals surface area contributed by atoms with E-state index < -0.39 is 0 Å². The molecule has 0 fully saturated rings. The molecule has 0 bridgehead atoms. The molecule has 258 valence electrons. The molecule has 55 heavy (non-hydrogen) atoms. The second-order valence-electron chi connectivity index (χ2n) is 14.1. The lowest BCUT2D eigenvalue weighted by atomic mass is 9.99. The molecule has 0 N–H and O–H groups in total. The molecule has 0 aliphatic carbocycles. The van der Waals surface area contributed by atoms with Gasteiger partial charge in [0.1, 0.15) is 11.2 Å². The van der Waals surface area contributed by atoms with Crippen LogP contribution in [0.15, 0.2) is 205 Å². The molecule has 11 aromatic rings. The number of hydrogen-bond donors (Lipinski definition) is 0. The van der Waals surface area contributed by atoms with Gasteiger partial charge in [-0.15, -0.1) is 11.3 Å². The van der Waals surface area contributed by atoms with E-state index in [-0.39, 0.29) is 0 Å². The predicted octanol–water partition coefficient (Wildman–Crippen LogP) is 15.6. The van der Waals surface area contributed by atoms with E-state index in [1.54, 1.807) is 0 Å². The molecule has 2 nitrogen and oxygen atoms in total. The highest BCUT2D eigenvalue weighted by Gasteiger charge is 2.22. The minimum Gasteiger partial charge on any atom is -0.455 e. The van der Waals surface area contributed by atoms with Crippen molar-refractivity contribution in [2.24, 2.45) is 0 Å². The molecule has 0 amide bonds. The number of para-hydroxylation sites is 1. The van der Waals surface area contributed by atoms with Gasteiger partial charge < -0.3 is 9.32 Å². The van der Waals surface area contributed by atoms with Gasteiger partial charge in [0.05, 0.1) is 5.69 Å². The standard InChI is InChI=1S/C52H33NOS/c1-3-13-36(14-4-1)42-19-11-20-45-44-29-28-41(33-48(44)54-51(42)45)53(40-26-24-35(25-27-40)39-23-22-34-12-7-8-17-38(34)32-39)47-31-30-43(37-15-5-2-6-16-37)52-50(47)46-18-9-10-21-49(46)55-52/h1-33H. The summed E-state index contributed by atoms with van der Waals surface area (Å²) in [6.45, 7) is 0. The topological polar surface area (TPSA) is 16.4 Å². The van der Waals surface area contributed by atoms with Crippen LogP contribution in [0.2, 0.25) is 0 Å². The molecule has 2 heterocycles. The number of nitrogens with zero attached hydrogens (tertiary/aromatic N) is 1. The Morgan fingerprint density at radius 3 is 1.89 bits per heavy atom. The molecule has 11 rings (SSSR count). The molecule has 0 aliphatic heterocycles. The lowest BCUT2D eigenvalue weighted by Gasteiger charge is -2.27. The average Bonchev–Trinajstić information content (AvgIpc) is 3.83. The Balaban J connectivity index is 1.13. The molecule has 9 aromatic carbocycles. The van der Waals surface area contributed by atoms with E-state index in [1.165, 1.54) is 53.2 Å². The van der Waals surface area contributed by atoms with Gasteiger partial charge in [-0.05, 0) is 81.1 Å². The highest BCUT2D eigenvalue weighted by atomic mass is 32.1. The fourth-order valence-corrected chi connectivity index (χ4v) is 9.47. The number of thiophene rings is 1. The number of benzene rings is 9. The first-order chi connectivity index (χ1) is 27.3. The van der Waals surface area contributed by atoms with Crippen LogP contribution in [0.3, 0.4) is 0 Å². The fourth-order valence-electron chi connectivity index (χ4n) is 8.21. The first kappa shape index (κ1) is 31.6. The van der Waals surface area contributed by atoms with Gasteiger partial charge in [0.25, 0.3) is 0 Å². The Hall–Kier alpha value is -6.94. The average molecular weight is 720 g/mol. The molecule has 0 unspecified atom stereocenters. The van der Waals surface area contributed by atoms with Crippen LogP contribution in [0, 0.1) is 0 Å². The molecule has 0 aliphatic rings. The van der Waals surface area contributed by atoms with E-state index in [4.69, 9.17) is 4.42 Å². The highest BCUT2D eigenvalue weighted by molar-refractivity contribution is 7.26. The van der Waals surface area contributed by atoms with Gasteiger partial charge >= 0.3 is 0 Å². The lowest BCUT2D eigenvalue weighted by Crippen LogP contribution is -2.10. The molecule has 0 saturated heterocycles. The molecule has 3 heteroatoms. The SMILES string of the molecule is c1ccc(-c2cccc3c2oc2cc(N(c4ccc(-c5ccc6ccccc6c5)cc4)c4ccc(-c5ccccc5)c5sc6ccccc6c45)ccc23)cc1. The Kier molecular flexibility index (Phi) is 7.39. The van der Waals surface area contributed by atoms with Gasteiger partial charge in [0.2, 0.25) is 0 Å². The maximum Gasteiger partial charge on any atom is 0.143 e. The van der Waals surface area contributed by atoms with Crippen LogP contribution in [-0.2, 0) is 0 Å². The second kappa shape index (κ2) is 12.9. The van der Waals surface area contributed by atoms with E-state index in [2.05, 4.69) is 205 Å². The van der Waals surface area contributed by atoms with Crippen molar-refractivity contribution in [3.8, 4) is 33.4 Å². The Labute approximate surface area is 322 Å². The van der Waals surface area contributed by atoms with Crippen LogP contribution in [-0.4, -0.2) is 0 Å². The van der Waals surface area contributed by atoms with Crippen LogP contribution >= 0.6 is 11.3 Å². The third-order valence-corrected chi connectivity index (χ3v) is 12.1. The zero-order chi connectivity index (χ0) is 36.3. The van der Waals surface area contributed by atoms with Gasteiger partial charge in [-0.2, -0.15) is 0 Å². The first-order valence-corrected chi connectivity index (χ1v) is 19.5. The van der Waals surface area contributed by atoms with Gasteiger partial charge in [-0.3, -0.25) is 0 Å². The van der Waals surface area contributed by atoms with Crippen molar-refractivity contribution in [3.05, 3.63) is 200 Å². The maximum atomic E-state index is 6.81. The van der Waals surface area contributed by atoms with Crippen molar-refractivity contribution in [3.63, 3.8) is 0 Å². The van der Waals surface area contributed by atoms with Crippen LogP contribution in [0.1, 0.15) is 0 Å². The molecular formula is C52H33NOS. The number of hydrogen-bond acceptors (Lipinski definition) is 3. The summed E-state index contributed by atoms with van der Waals surface area (Å²) in [4.78, 5) is 2.41. The summed E-state index contributed by atoms with van der Waals surface area (Å²) >= 11 is 1.87. The summed E-state index contributed by atoms with van der Waals surface area (Å²) in [6, 6.07) is 72.1. The van der Waals surface area contributed by atoms with Crippen molar-refractivity contribution in [1.29, 1.82) is 0 Å². The predicted molar refractivity (Wildman–Crippen MR) is 235 cm³/mol. The van der Waals surface area contributed by atoms with Gasteiger partial charge in [-0.1, -0.05) is 152 Å². The Morgan fingerprint density at radius 1 is 0.400 bits per heavy atom. The third-order valence-electron chi connectivity index (χ3n) is 10.9. The number of fused-ring (bicyclic) bond motifs is 7. The Bertz CT molecular complexity index is 3190. The van der Waals surface area contributed by atoms with Crippen molar-refractivity contribution < 1.29 is 4.42 Å². The number of anilines is 3. The summed E-state index contributed by atoms with van der Waals surface area (Å²) in [5.41, 5.74) is 12.1. The smallest absolute Gasteiger partial charge is 0.143 e. The van der Waals surface area contributed by atoms with Crippen molar-refractivity contribution in [1.82, 2.24) is 0 Å². The van der Waals surface area contributed by atoms with Crippen LogP contribution in [0.25, 0.3) is 86.3 Å². The summed E-state index contributed by atoms with van der Waals surface area (Å²) in [7, 11) is 0. The monoisotopic (exact) mass is 719 g/mol. The molecule has 0 saturated carbocycles. The number of rotatable bonds is 6. The largest absolute Gasteiger partial charge is 0.455 e. The van der Waals surface area contributed by atoms with E-state index in [1.807, 2.05) is 11.3 Å². The molecule has 0 spiro atoms. The van der Waals surface area contributed by atoms with Gasteiger partial charge in [0, 0.05) is 53.9 Å². The van der Waals surface area contributed by atoms with Crippen molar-refractivity contribution in [2.45, 2.75) is 0 Å². The lowest BCUT2D eigenvalue weighted by molar-refractivity contribution is 0.670. The summed E-state index contributed by atoms with van der Waals surface area (Å²) in [5.74, 6) is 0. The molecule has 0 radical (unpaired) electrons. The number of furan rings is 1. The summed E-state index contributed by atoms with van der Waals surface area (Å²) in [5, 5.41) is 7.21. The normalized spacial score (nSPS) is 11.6. The van der Waals surface area contributed by atoms with Crippen molar-refractivity contribution in [2.75, 3.05) is 4.90 Å². The van der Waals surface area contributed by atoms with Crippen LogP contribution in [0.4, 0.5) is 17.1 Å². The Morgan fingerprint density at radius 2 is 1.07 bits per heavy atom. The minimum atomic E-state index is 0.862. The zero-order valence-corrected chi connectivity index (χ0v) is 30.6. The van der Waals surface area contributed by atoms with E-state index in [9.17, 15) is 0 Å². The first-order valence-electron chi connectivity index (χ1n) is 18.7. The maximum absolute atomic E-state index is 6.81. The molecule has 2 aromatic heterocycles. The quantitative estimate of drug-likeness (QED) is 0.170. The van der Waals surface area contributed by atoms with E-state index in [0.717, 1.165) is 50.1 Å². The second-order valence-corrected chi connectivity index (χ2v) is 15.1. The third kappa shape index (κ3) is 5.32. The van der Waals surface area contributed by atoms with Gasteiger partial charge in [0.15, 0.2) is 0 Å². The highest BCUT2D eigenvalue weighted by Crippen LogP contribution is 2.49. The summed E-state index contributed by atoms with van der Waals surface area (Å²) in [6.07, 6.45) is 0. The van der Waals surface area contributed by atoms with Gasteiger partial charge in [-0.25, -0.2) is 0 Å².